The Labute approximate surface area is 140 Å². The third-order valence-electron chi connectivity index (χ3n) is 3.54. The molecule has 0 aliphatic rings. The van der Waals surface area contributed by atoms with Crippen LogP contribution in [0.1, 0.15) is 16.7 Å². The Morgan fingerprint density at radius 3 is 2.48 bits per heavy atom. The summed E-state index contributed by atoms with van der Waals surface area (Å²) in [6, 6.07) is 14.3. The lowest BCUT2D eigenvalue weighted by Gasteiger charge is -2.12. The molecule has 0 saturated heterocycles. The number of hydrogen-bond acceptors (Lipinski definition) is 3. The van der Waals surface area contributed by atoms with Gasteiger partial charge < -0.3 is 4.74 Å². The van der Waals surface area contributed by atoms with E-state index in [0.29, 0.717) is 5.57 Å². The standard InChI is InChI=1S/C19H19FO2S/c1-22-19(21)18(13-23-2)17-6-4-3-5-15(17)10-7-14-8-11-16(20)12-9-14/h3-6,8-9,11-13H,7,10H2,1-2H3/b18-13+. The van der Waals surface area contributed by atoms with Gasteiger partial charge in [-0.15, -0.1) is 11.8 Å². The van der Waals surface area contributed by atoms with Gasteiger partial charge in [-0.3, -0.25) is 0 Å². The van der Waals surface area contributed by atoms with Crippen LogP contribution in [0.15, 0.2) is 53.9 Å². The first-order valence-corrected chi connectivity index (χ1v) is 8.58. The van der Waals surface area contributed by atoms with Gasteiger partial charge >= 0.3 is 5.97 Å². The number of methoxy groups -OCH3 is 1. The normalized spacial score (nSPS) is 11.3. The minimum atomic E-state index is -0.339. The van der Waals surface area contributed by atoms with E-state index in [-0.39, 0.29) is 11.8 Å². The van der Waals surface area contributed by atoms with E-state index in [4.69, 9.17) is 4.74 Å². The van der Waals surface area contributed by atoms with Crippen LogP contribution in [0.4, 0.5) is 4.39 Å². The number of rotatable bonds is 6. The molecule has 2 aromatic carbocycles. The largest absolute Gasteiger partial charge is 0.465 e. The van der Waals surface area contributed by atoms with Crippen LogP contribution in [0.3, 0.4) is 0 Å². The summed E-state index contributed by atoms with van der Waals surface area (Å²) in [5.74, 6) is -0.571. The van der Waals surface area contributed by atoms with E-state index in [1.807, 2.05) is 35.9 Å². The lowest BCUT2D eigenvalue weighted by atomic mass is 9.96. The van der Waals surface area contributed by atoms with Crippen molar-refractivity contribution in [3.63, 3.8) is 0 Å². The molecule has 2 rings (SSSR count). The lowest BCUT2D eigenvalue weighted by Crippen LogP contribution is -2.06. The van der Waals surface area contributed by atoms with Gasteiger partial charge in [0.2, 0.25) is 0 Å². The third-order valence-corrected chi connectivity index (χ3v) is 4.02. The SMILES string of the molecule is COC(=O)/C(=C/SC)c1ccccc1CCc1ccc(F)cc1. The molecule has 0 heterocycles. The summed E-state index contributed by atoms with van der Waals surface area (Å²) in [5.41, 5.74) is 3.59. The van der Waals surface area contributed by atoms with E-state index in [9.17, 15) is 9.18 Å². The van der Waals surface area contributed by atoms with E-state index < -0.39 is 0 Å². The maximum absolute atomic E-state index is 13.0. The van der Waals surface area contributed by atoms with Crippen LogP contribution in [-0.2, 0) is 22.4 Å². The molecule has 23 heavy (non-hydrogen) atoms. The second kappa shape index (κ2) is 8.53. The van der Waals surface area contributed by atoms with Crippen molar-refractivity contribution in [3.8, 4) is 0 Å². The first-order chi connectivity index (χ1) is 11.2. The highest BCUT2D eigenvalue weighted by atomic mass is 32.2. The highest BCUT2D eigenvalue weighted by molar-refractivity contribution is 8.01. The van der Waals surface area contributed by atoms with Crippen molar-refractivity contribution in [2.75, 3.05) is 13.4 Å². The number of carbonyl (C=O) groups is 1. The Hall–Kier alpha value is -2.07. The molecule has 0 unspecified atom stereocenters. The topological polar surface area (TPSA) is 26.3 Å². The fourth-order valence-corrected chi connectivity index (χ4v) is 2.84. The van der Waals surface area contributed by atoms with Crippen LogP contribution < -0.4 is 0 Å². The quantitative estimate of drug-likeness (QED) is 0.577. The van der Waals surface area contributed by atoms with Crippen molar-refractivity contribution in [2.45, 2.75) is 12.8 Å². The van der Waals surface area contributed by atoms with Gasteiger partial charge in [-0.05, 0) is 53.3 Å². The Bertz CT molecular complexity index is 693. The number of carbonyl (C=O) groups excluding carboxylic acids is 1. The molecule has 2 nitrogen and oxygen atoms in total. The van der Waals surface area contributed by atoms with Gasteiger partial charge in [0.05, 0.1) is 12.7 Å². The van der Waals surface area contributed by atoms with Crippen molar-refractivity contribution in [1.82, 2.24) is 0 Å². The first-order valence-electron chi connectivity index (χ1n) is 7.29. The lowest BCUT2D eigenvalue weighted by molar-refractivity contribution is -0.133. The van der Waals surface area contributed by atoms with Crippen LogP contribution in [-0.4, -0.2) is 19.3 Å². The predicted octanol–water partition coefficient (Wildman–Crippen LogP) is 4.49. The smallest absolute Gasteiger partial charge is 0.338 e. The van der Waals surface area contributed by atoms with Crippen LogP contribution in [0.2, 0.25) is 0 Å². The predicted molar refractivity (Wildman–Crippen MR) is 93.8 cm³/mol. The van der Waals surface area contributed by atoms with Crippen molar-refractivity contribution < 1.29 is 13.9 Å². The molecule has 0 aromatic heterocycles. The van der Waals surface area contributed by atoms with Gasteiger partial charge in [-0.2, -0.15) is 0 Å². The summed E-state index contributed by atoms with van der Waals surface area (Å²) in [6.07, 6.45) is 3.46. The summed E-state index contributed by atoms with van der Waals surface area (Å²) in [7, 11) is 1.39. The van der Waals surface area contributed by atoms with E-state index in [0.717, 1.165) is 29.5 Å². The fraction of sp³-hybridized carbons (Fsp3) is 0.211. The van der Waals surface area contributed by atoms with Gasteiger partial charge in [-0.1, -0.05) is 36.4 Å². The van der Waals surface area contributed by atoms with E-state index in [1.165, 1.54) is 31.0 Å². The molecule has 0 fully saturated rings. The first kappa shape index (κ1) is 17.3. The average Bonchev–Trinajstić information content (AvgIpc) is 2.59. The molecule has 0 radical (unpaired) electrons. The molecule has 0 N–H and O–H groups in total. The summed E-state index contributed by atoms with van der Waals surface area (Å²) in [6.45, 7) is 0. The summed E-state index contributed by atoms with van der Waals surface area (Å²) >= 11 is 1.47. The number of benzene rings is 2. The monoisotopic (exact) mass is 330 g/mol. The molecule has 0 spiro atoms. The zero-order chi connectivity index (χ0) is 16.7. The summed E-state index contributed by atoms with van der Waals surface area (Å²) in [4.78, 5) is 12.0. The molecule has 4 heteroatoms. The molecular formula is C19H19FO2S. The zero-order valence-corrected chi connectivity index (χ0v) is 14.0. The molecule has 0 aliphatic carbocycles. The van der Waals surface area contributed by atoms with Gasteiger partial charge in [0.15, 0.2) is 0 Å². The number of halogens is 1. The Morgan fingerprint density at radius 2 is 1.83 bits per heavy atom. The second-order valence-corrected chi connectivity index (χ2v) is 5.75. The average molecular weight is 330 g/mol. The molecular weight excluding hydrogens is 311 g/mol. The number of hydrogen-bond donors (Lipinski definition) is 0. The maximum atomic E-state index is 13.0. The number of thioether (sulfide) groups is 1. The molecule has 0 bridgehead atoms. The fourth-order valence-electron chi connectivity index (χ4n) is 2.38. The van der Waals surface area contributed by atoms with Crippen LogP contribution >= 0.6 is 11.8 Å². The Balaban J connectivity index is 2.24. The molecule has 2 aromatic rings. The molecule has 0 amide bonds. The number of ether oxygens (including phenoxy) is 1. The number of esters is 1. The second-order valence-electron chi connectivity index (χ2n) is 5.04. The highest BCUT2D eigenvalue weighted by Gasteiger charge is 2.15. The van der Waals surface area contributed by atoms with Gasteiger partial charge in [-0.25, -0.2) is 9.18 Å². The van der Waals surface area contributed by atoms with Gasteiger partial charge in [0.25, 0.3) is 0 Å². The van der Waals surface area contributed by atoms with Crippen LogP contribution in [0.25, 0.3) is 5.57 Å². The van der Waals surface area contributed by atoms with Crippen molar-refractivity contribution in [2.24, 2.45) is 0 Å². The minimum Gasteiger partial charge on any atom is -0.465 e. The van der Waals surface area contributed by atoms with Crippen LogP contribution in [0.5, 0.6) is 0 Å². The van der Waals surface area contributed by atoms with Gasteiger partial charge in [0, 0.05) is 0 Å². The Kier molecular flexibility index (Phi) is 6.41. The minimum absolute atomic E-state index is 0.231. The van der Waals surface area contributed by atoms with E-state index in [2.05, 4.69) is 0 Å². The molecule has 0 saturated carbocycles. The van der Waals surface area contributed by atoms with Crippen molar-refractivity contribution >= 4 is 23.3 Å². The van der Waals surface area contributed by atoms with E-state index in [1.54, 1.807) is 12.1 Å². The maximum Gasteiger partial charge on any atom is 0.338 e. The molecule has 120 valence electrons. The van der Waals surface area contributed by atoms with Gasteiger partial charge in [0.1, 0.15) is 5.82 Å². The highest BCUT2D eigenvalue weighted by Crippen LogP contribution is 2.24. The Morgan fingerprint density at radius 1 is 1.13 bits per heavy atom. The van der Waals surface area contributed by atoms with Crippen molar-refractivity contribution in [3.05, 3.63) is 76.4 Å². The molecule has 0 atom stereocenters. The summed E-state index contributed by atoms with van der Waals surface area (Å²) < 4.78 is 17.9. The summed E-state index contributed by atoms with van der Waals surface area (Å²) in [5, 5.41) is 1.81. The third kappa shape index (κ3) is 4.70. The van der Waals surface area contributed by atoms with E-state index >= 15 is 0 Å². The number of aryl methyl sites for hydroxylation is 2. The van der Waals surface area contributed by atoms with Crippen molar-refractivity contribution in [1.29, 1.82) is 0 Å². The van der Waals surface area contributed by atoms with Crippen LogP contribution in [0, 0.1) is 5.82 Å². The molecule has 0 aliphatic heterocycles. The zero-order valence-electron chi connectivity index (χ0n) is 13.2.